The topological polar surface area (TPSA) is 108 Å². The van der Waals surface area contributed by atoms with Gasteiger partial charge in [-0.3, -0.25) is 9.78 Å². The van der Waals surface area contributed by atoms with E-state index < -0.39 is 5.69 Å². The van der Waals surface area contributed by atoms with Crippen LogP contribution < -0.4 is 11.0 Å². The first kappa shape index (κ1) is 14.8. The first-order valence-electron chi connectivity index (χ1n) is 7.12. The summed E-state index contributed by atoms with van der Waals surface area (Å²) in [5.41, 5.74) is 1.52. The van der Waals surface area contributed by atoms with Gasteiger partial charge in [0.1, 0.15) is 11.6 Å². The van der Waals surface area contributed by atoms with Gasteiger partial charge in [-0.25, -0.2) is 14.9 Å². The molecule has 0 radical (unpaired) electrons. The molecular weight excluding hydrogens is 296 g/mol. The molecule has 3 aromatic rings. The molecule has 8 nitrogen and oxygen atoms in total. The molecule has 8 heteroatoms. The molecule has 0 unspecified atom stereocenters. The highest BCUT2D eigenvalue weighted by molar-refractivity contribution is 5.77. The number of aromatic amines is 2. The molecule has 0 aliphatic heterocycles. The van der Waals surface area contributed by atoms with Gasteiger partial charge in [-0.05, 0) is 18.6 Å². The van der Waals surface area contributed by atoms with Crippen molar-refractivity contribution in [3.8, 4) is 5.69 Å². The largest absolute Gasteiger partial charge is 0.352 e. The van der Waals surface area contributed by atoms with E-state index in [0.29, 0.717) is 12.4 Å². The number of amides is 1. The van der Waals surface area contributed by atoms with Gasteiger partial charge < -0.3 is 9.88 Å². The van der Waals surface area contributed by atoms with Crippen molar-refractivity contribution in [2.45, 2.75) is 19.9 Å². The summed E-state index contributed by atoms with van der Waals surface area (Å²) in [6.45, 7) is 2.30. The monoisotopic (exact) mass is 312 g/mol. The number of para-hydroxylation sites is 1. The third kappa shape index (κ3) is 3.37. The molecule has 3 rings (SSSR count). The quantitative estimate of drug-likeness (QED) is 0.635. The van der Waals surface area contributed by atoms with Gasteiger partial charge in [0.05, 0.1) is 12.1 Å². The van der Waals surface area contributed by atoms with Gasteiger partial charge in [0, 0.05) is 18.9 Å². The van der Waals surface area contributed by atoms with Crippen molar-refractivity contribution in [2.75, 3.05) is 0 Å². The molecule has 0 fully saturated rings. The second-order valence-corrected chi connectivity index (χ2v) is 5.05. The average Bonchev–Trinajstić information content (AvgIpc) is 3.14. The van der Waals surface area contributed by atoms with E-state index >= 15 is 0 Å². The lowest BCUT2D eigenvalue weighted by molar-refractivity contribution is -0.120. The fourth-order valence-corrected chi connectivity index (χ4v) is 2.33. The van der Waals surface area contributed by atoms with E-state index in [1.165, 1.54) is 0 Å². The van der Waals surface area contributed by atoms with Crippen LogP contribution in [0.1, 0.15) is 17.2 Å². The zero-order valence-electron chi connectivity index (χ0n) is 12.5. The van der Waals surface area contributed by atoms with Crippen molar-refractivity contribution in [3.63, 3.8) is 0 Å². The molecule has 23 heavy (non-hydrogen) atoms. The number of hydrogen-bond acceptors (Lipinski definition) is 4. The molecule has 1 amide bonds. The Morgan fingerprint density at radius 1 is 1.35 bits per heavy atom. The standard InChI is InChI=1S/C15H16N6O2/c1-10-16-6-7-21(10)12-5-3-2-4-11(12)9-17-14(22)8-13-18-15(23)20-19-13/h2-7H,8-9H2,1H3,(H,17,22)(H2,18,19,20,23). The van der Waals surface area contributed by atoms with E-state index in [-0.39, 0.29) is 12.3 Å². The number of rotatable bonds is 5. The Balaban J connectivity index is 1.70. The van der Waals surface area contributed by atoms with E-state index in [2.05, 4.69) is 25.5 Å². The fraction of sp³-hybridized carbons (Fsp3) is 0.200. The molecule has 0 atom stereocenters. The molecule has 0 aliphatic carbocycles. The Hall–Kier alpha value is -3.16. The summed E-state index contributed by atoms with van der Waals surface area (Å²) in [7, 11) is 0. The van der Waals surface area contributed by atoms with Crippen molar-refractivity contribution in [1.29, 1.82) is 0 Å². The predicted molar refractivity (Wildman–Crippen MR) is 83.1 cm³/mol. The zero-order chi connectivity index (χ0) is 16.2. The molecule has 0 saturated heterocycles. The SMILES string of the molecule is Cc1nccn1-c1ccccc1CNC(=O)Cc1n[nH]c(=O)[nH]1. The molecule has 118 valence electrons. The summed E-state index contributed by atoms with van der Waals surface area (Å²) in [6, 6.07) is 7.78. The highest BCUT2D eigenvalue weighted by Crippen LogP contribution is 2.15. The minimum absolute atomic E-state index is 0.0189. The molecule has 0 saturated carbocycles. The van der Waals surface area contributed by atoms with Gasteiger partial charge in [-0.15, -0.1) is 0 Å². The molecule has 3 N–H and O–H groups in total. The molecule has 1 aromatic carbocycles. The van der Waals surface area contributed by atoms with E-state index in [1.807, 2.05) is 42.0 Å². The lowest BCUT2D eigenvalue weighted by Gasteiger charge is -2.12. The van der Waals surface area contributed by atoms with Crippen LogP contribution in [0, 0.1) is 6.92 Å². The molecule has 2 aromatic heterocycles. The van der Waals surface area contributed by atoms with E-state index in [4.69, 9.17) is 0 Å². The summed E-state index contributed by atoms with van der Waals surface area (Å²) >= 11 is 0. The predicted octanol–water partition coefficient (Wildman–Crippen LogP) is 0.451. The zero-order valence-corrected chi connectivity index (χ0v) is 12.5. The fourth-order valence-electron chi connectivity index (χ4n) is 2.33. The third-order valence-electron chi connectivity index (χ3n) is 3.43. The lowest BCUT2D eigenvalue weighted by atomic mass is 10.1. The number of carbonyl (C=O) groups excluding carboxylic acids is 1. The van der Waals surface area contributed by atoms with Gasteiger partial charge >= 0.3 is 5.69 Å². The highest BCUT2D eigenvalue weighted by Gasteiger charge is 2.10. The van der Waals surface area contributed by atoms with Crippen LogP contribution in [0.15, 0.2) is 41.5 Å². The first-order chi connectivity index (χ1) is 11.1. The summed E-state index contributed by atoms with van der Waals surface area (Å²) in [4.78, 5) is 29.6. The number of aryl methyl sites for hydroxylation is 1. The van der Waals surface area contributed by atoms with E-state index in [9.17, 15) is 9.59 Å². The molecule has 0 spiro atoms. The number of nitrogens with zero attached hydrogens (tertiary/aromatic N) is 3. The number of nitrogens with one attached hydrogen (secondary N) is 3. The van der Waals surface area contributed by atoms with Crippen LogP contribution in [-0.2, 0) is 17.8 Å². The summed E-state index contributed by atoms with van der Waals surface area (Å²) in [5.74, 6) is 0.967. The van der Waals surface area contributed by atoms with Crippen molar-refractivity contribution in [3.05, 3.63) is 64.4 Å². The summed E-state index contributed by atoms with van der Waals surface area (Å²) < 4.78 is 1.96. The third-order valence-corrected chi connectivity index (χ3v) is 3.43. The second kappa shape index (κ2) is 6.30. The number of H-pyrrole nitrogens is 2. The molecule has 2 heterocycles. The average molecular weight is 312 g/mol. The summed E-state index contributed by atoms with van der Waals surface area (Å²) in [5, 5.41) is 8.77. The second-order valence-electron chi connectivity index (χ2n) is 5.05. The van der Waals surface area contributed by atoms with Crippen molar-refractivity contribution in [1.82, 2.24) is 30.0 Å². The Morgan fingerprint density at radius 2 is 2.17 bits per heavy atom. The molecule has 0 bridgehead atoms. The Morgan fingerprint density at radius 3 is 2.87 bits per heavy atom. The highest BCUT2D eigenvalue weighted by atomic mass is 16.2. The Labute approximate surface area is 131 Å². The van der Waals surface area contributed by atoms with Crippen LogP contribution >= 0.6 is 0 Å². The van der Waals surface area contributed by atoms with E-state index in [0.717, 1.165) is 17.1 Å². The maximum Gasteiger partial charge on any atom is 0.340 e. The minimum atomic E-state index is -0.422. The van der Waals surface area contributed by atoms with Crippen molar-refractivity contribution in [2.24, 2.45) is 0 Å². The van der Waals surface area contributed by atoms with Gasteiger partial charge in [0.15, 0.2) is 0 Å². The lowest BCUT2D eigenvalue weighted by Crippen LogP contribution is -2.25. The van der Waals surface area contributed by atoms with Crippen LogP contribution in [0.25, 0.3) is 5.69 Å². The molecule has 0 aliphatic rings. The number of hydrogen-bond donors (Lipinski definition) is 3. The number of benzene rings is 1. The Kier molecular flexibility index (Phi) is 4.05. The maximum atomic E-state index is 12.0. The smallest absolute Gasteiger partial charge is 0.340 e. The number of imidazole rings is 1. The van der Waals surface area contributed by atoms with Crippen LogP contribution in [0.4, 0.5) is 0 Å². The van der Waals surface area contributed by atoms with Crippen molar-refractivity contribution >= 4 is 5.91 Å². The Bertz CT molecular complexity index is 876. The van der Waals surface area contributed by atoms with Gasteiger partial charge in [0.25, 0.3) is 0 Å². The minimum Gasteiger partial charge on any atom is -0.352 e. The van der Waals surface area contributed by atoms with Gasteiger partial charge in [0.2, 0.25) is 5.91 Å². The van der Waals surface area contributed by atoms with Crippen LogP contribution in [-0.4, -0.2) is 30.6 Å². The summed E-state index contributed by atoms with van der Waals surface area (Å²) in [6.07, 6.45) is 3.63. The van der Waals surface area contributed by atoms with E-state index in [1.54, 1.807) is 6.20 Å². The first-order valence-corrected chi connectivity index (χ1v) is 7.12. The van der Waals surface area contributed by atoms with Gasteiger partial charge in [-0.1, -0.05) is 18.2 Å². The van der Waals surface area contributed by atoms with Crippen LogP contribution in [0.3, 0.4) is 0 Å². The van der Waals surface area contributed by atoms with Crippen LogP contribution in [0.2, 0.25) is 0 Å². The normalized spacial score (nSPS) is 10.7. The van der Waals surface area contributed by atoms with Crippen molar-refractivity contribution < 1.29 is 4.79 Å². The molecular formula is C15H16N6O2. The van der Waals surface area contributed by atoms with Gasteiger partial charge in [-0.2, -0.15) is 5.10 Å². The maximum absolute atomic E-state index is 12.0. The number of carbonyl (C=O) groups is 1. The van der Waals surface area contributed by atoms with Crippen LogP contribution in [0.5, 0.6) is 0 Å². The number of aromatic nitrogens is 5.